The van der Waals surface area contributed by atoms with Crippen LogP contribution in [0.2, 0.25) is 0 Å². The zero-order valence-corrected chi connectivity index (χ0v) is 16.7. The summed E-state index contributed by atoms with van der Waals surface area (Å²) in [6.45, 7) is 6.10. The molecule has 0 fully saturated rings. The maximum Gasteiger partial charge on any atom is 0.236 e. The SMILES string of the molecule is CCc1nnc(NC(=O)CSc2nnc3c(n2)[nH]c2c(C)cc(C)cc23)s1. The van der Waals surface area contributed by atoms with Gasteiger partial charge in [0, 0.05) is 5.39 Å². The van der Waals surface area contributed by atoms with Crippen molar-refractivity contribution >= 4 is 56.2 Å². The molecule has 1 amide bonds. The molecular formula is C17H17N7OS2. The van der Waals surface area contributed by atoms with Crippen LogP contribution in [0, 0.1) is 13.8 Å². The molecule has 0 spiro atoms. The van der Waals surface area contributed by atoms with E-state index in [4.69, 9.17) is 0 Å². The highest BCUT2D eigenvalue weighted by atomic mass is 32.2. The lowest BCUT2D eigenvalue weighted by Crippen LogP contribution is -2.14. The van der Waals surface area contributed by atoms with Crippen molar-refractivity contribution in [2.45, 2.75) is 32.3 Å². The Hall–Kier alpha value is -2.59. The van der Waals surface area contributed by atoms with Crippen LogP contribution in [0.5, 0.6) is 0 Å². The average molecular weight is 400 g/mol. The summed E-state index contributed by atoms with van der Waals surface area (Å²) in [7, 11) is 0. The van der Waals surface area contributed by atoms with E-state index in [1.54, 1.807) is 0 Å². The van der Waals surface area contributed by atoms with E-state index in [0.29, 0.717) is 15.9 Å². The molecule has 27 heavy (non-hydrogen) atoms. The summed E-state index contributed by atoms with van der Waals surface area (Å²) >= 11 is 2.61. The van der Waals surface area contributed by atoms with Crippen LogP contribution in [-0.2, 0) is 11.2 Å². The number of carbonyl (C=O) groups is 1. The largest absolute Gasteiger partial charge is 0.337 e. The predicted molar refractivity (Wildman–Crippen MR) is 107 cm³/mol. The third-order valence-electron chi connectivity index (χ3n) is 3.99. The van der Waals surface area contributed by atoms with Crippen molar-refractivity contribution in [1.29, 1.82) is 0 Å². The van der Waals surface area contributed by atoms with Crippen LogP contribution in [0.25, 0.3) is 22.1 Å². The number of anilines is 1. The van der Waals surface area contributed by atoms with Gasteiger partial charge in [0.25, 0.3) is 0 Å². The highest BCUT2D eigenvalue weighted by Crippen LogP contribution is 2.27. The van der Waals surface area contributed by atoms with Crippen molar-refractivity contribution in [2.75, 3.05) is 11.1 Å². The Morgan fingerprint density at radius 3 is 2.85 bits per heavy atom. The van der Waals surface area contributed by atoms with Gasteiger partial charge in [-0.05, 0) is 31.9 Å². The van der Waals surface area contributed by atoms with Gasteiger partial charge in [0.1, 0.15) is 10.5 Å². The summed E-state index contributed by atoms with van der Waals surface area (Å²) in [6, 6.07) is 4.19. The maximum atomic E-state index is 12.1. The number of nitrogens with one attached hydrogen (secondary N) is 2. The Labute approximate surface area is 163 Å². The number of H-pyrrole nitrogens is 1. The van der Waals surface area contributed by atoms with Crippen molar-refractivity contribution in [3.63, 3.8) is 0 Å². The molecule has 4 aromatic rings. The molecule has 0 unspecified atom stereocenters. The topological polar surface area (TPSA) is 109 Å². The highest BCUT2D eigenvalue weighted by molar-refractivity contribution is 7.99. The second-order valence-corrected chi connectivity index (χ2v) is 8.12. The van der Waals surface area contributed by atoms with E-state index in [2.05, 4.69) is 61.7 Å². The van der Waals surface area contributed by atoms with Crippen molar-refractivity contribution in [2.24, 2.45) is 0 Å². The van der Waals surface area contributed by atoms with Crippen LogP contribution in [-0.4, -0.2) is 42.0 Å². The van der Waals surface area contributed by atoms with E-state index < -0.39 is 0 Å². The molecule has 0 saturated carbocycles. The quantitative estimate of drug-likeness (QED) is 0.496. The smallest absolute Gasteiger partial charge is 0.236 e. The molecule has 4 rings (SSSR count). The second kappa shape index (κ2) is 7.20. The molecule has 138 valence electrons. The van der Waals surface area contributed by atoms with Gasteiger partial charge in [-0.15, -0.1) is 20.4 Å². The van der Waals surface area contributed by atoms with Crippen molar-refractivity contribution in [3.8, 4) is 0 Å². The number of aryl methyl sites for hydroxylation is 3. The van der Waals surface area contributed by atoms with Gasteiger partial charge in [0.2, 0.25) is 16.2 Å². The van der Waals surface area contributed by atoms with Gasteiger partial charge in [-0.3, -0.25) is 10.1 Å². The predicted octanol–water partition coefficient (Wildman–Crippen LogP) is 3.27. The number of fused-ring (bicyclic) bond motifs is 3. The first-order valence-corrected chi connectivity index (χ1v) is 10.2. The molecule has 10 heteroatoms. The fourth-order valence-corrected chi connectivity index (χ4v) is 4.09. The molecule has 0 saturated heterocycles. The van der Waals surface area contributed by atoms with E-state index in [1.165, 1.54) is 28.7 Å². The van der Waals surface area contributed by atoms with Crippen LogP contribution < -0.4 is 5.32 Å². The van der Waals surface area contributed by atoms with Gasteiger partial charge in [0.15, 0.2) is 5.65 Å². The summed E-state index contributed by atoms with van der Waals surface area (Å²) in [4.78, 5) is 19.9. The number of hydrogen-bond donors (Lipinski definition) is 2. The third-order valence-corrected chi connectivity index (χ3v) is 5.81. The Bertz CT molecular complexity index is 1150. The van der Waals surface area contributed by atoms with E-state index in [-0.39, 0.29) is 11.7 Å². The zero-order valence-electron chi connectivity index (χ0n) is 15.0. The van der Waals surface area contributed by atoms with Gasteiger partial charge < -0.3 is 4.98 Å². The Balaban J connectivity index is 1.50. The van der Waals surface area contributed by atoms with Gasteiger partial charge >= 0.3 is 0 Å². The van der Waals surface area contributed by atoms with E-state index >= 15 is 0 Å². The normalized spacial score (nSPS) is 11.4. The van der Waals surface area contributed by atoms with Crippen LogP contribution in [0.4, 0.5) is 5.13 Å². The number of nitrogens with zero attached hydrogens (tertiary/aromatic N) is 5. The van der Waals surface area contributed by atoms with Gasteiger partial charge in [-0.2, -0.15) is 0 Å². The first-order chi connectivity index (χ1) is 13.0. The summed E-state index contributed by atoms with van der Waals surface area (Å²) in [5.41, 5.74) is 4.74. The molecule has 2 N–H and O–H groups in total. The maximum absolute atomic E-state index is 12.1. The lowest BCUT2D eigenvalue weighted by Gasteiger charge is -2.00. The van der Waals surface area contributed by atoms with Crippen LogP contribution in [0.15, 0.2) is 17.3 Å². The summed E-state index contributed by atoms with van der Waals surface area (Å²) in [6.07, 6.45) is 0.797. The molecule has 0 aliphatic rings. The van der Waals surface area contributed by atoms with E-state index in [9.17, 15) is 4.79 Å². The standard InChI is InChI=1S/C17H17N7OS2/c1-4-12-21-24-17(27-12)18-11(25)7-26-16-20-15-14(22-23-16)10-6-8(2)5-9(3)13(10)19-15/h5-6H,4,7H2,1-3H3,(H,18,24,25)(H,19,20,23). The fraction of sp³-hybridized carbons (Fsp3) is 0.294. The molecule has 8 nitrogen and oxygen atoms in total. The van der Waals surface area contributed by atoms with Gasteiger partial charge in [0.05, 0.1) is 11.3 Å². The lowest BCUT2D eigenvalue weighted by atomic mass is 10.1. The highest BCUT2D eigenvalue weighted by Gasteiger charge is 2.13. The van der Waals surface area contributed by atoms with Crippen molar-refractivity contribution < 1.29 is 4.79 Å². The summed E-state index contributed by atoms with van der Waals surface area (Å²) < 4.78 is 0. The second-order valence-electron chi connectivity index (χ2n) is 6.11. The molecule has 0 radical (unpaired) electrons. The number of thioether (sulfide) groups is 1. The van der Waals surface area contributed by atoms with Gasteiger partial charge in [-0.25, -0.2) is 4.98 Å². The van der Waals surface area contributed by atoms with Crippen LogP contribution in [0.3, 0.4) is 0 Å². The zero-order chi connectivity index (χ0) is 19.0. The monoisotopic (exact) mass is 399 g/mol. The number of hydrogen-bond acceptors (Lipinski definition) is 8. The minimum absolute atomic E-state index is 0.173. The van der Waals surface area contributed by atoms with E-state index in [1.807, 2.05) is 6.92 Å². The number of aromatic nitrogens is 6. The first kappa shape index (κ1) is 17.8. The minimum Gasteiger partial charge on any atom is -0.337 e. The van der Waals surface area contributed by atoms with E-state index in [0.717, 1.165) is 33.4 Å². The number of carbonyl (C=O) groups excluding carboxylic acids is 1. The number of rotatable bonds is 5. The summed E-state index contributed by atoms with van der Waals surface area (Å²) in [5, 5.41) is 22.0. The molecule has 3 aromatic heterocycles. The lowest BCUT2D eigenvalue weighted by molar-refractivity contribution is -0.113. The fourth-order valence-electron chi connectivity index (χ4n) is 2.81. The molecule has 0 bridgehead atoms. The van der Waals surface area contributed by atoms with Crippen molar-refractivity contribution in [3.05, 3.63) is 28.3 Å². The van der Waals surface area contributed by atoms with Crippen molar-refractivity contribution in [1.82, 2.24) is 30.4 Å². The molecule has 3 heterocycles. The number of aromatic amines is 1. The molecule has 0 aliphatic carbocycles. The number of benzene rings is 1. The number of amides is 1. The van der Waals surface area contributed by atoms with Crippen LogP contribution in [0.1, 0.15) is 23.1 Å². The molecule has 1 aromatic carbocycles. The van der Waals surface area contributed by atoms with Crippen LogP contribution >= 0.6 is 23.1 Å². The molecule has 0 atom stereocenters. The van der Waals surface area contributed by atoms with Gasteiger partial charge in [-0.1, -0.05) is 41.7 Å². The Kier molecular flexibility index (Phi) is 4.75. The Morgan fingerprint density at radius 2 is 2.07 bits per heavy atom. The third kappa shape index (κ3) is 3.62. The molecular weight excluding hydrogens is 382 g/mol. The summed E-state index contributed by atoms with van der Waals surface area (Å²) in [5.74, 6) is -0.00215. The molecule has 0 aliphatic heterocycles. The minimum atomic E-state index is -0.175. The Morgan fingerprint density at radius 1 is 1.22 bits per heavy atom. The average Bonchev–Trinajstić information content (AvgIpc) is 3.24. The first-order valence-electron chi connectivity index (χ1n) is 8.42.